The van der Waals surface area contributed by atoms with Gasteiger partial charge in [-0.2, -0.15) is 5.10 Å². The van der Waals surface area contributed by atoms with E-state index < -0.39 is 11.9 Å². The number of hydrogen-bond acceptors (Lipinski definition) is 5. The number of benzene rings is 1. The fraction of sp³-hybridized carbons (Fsp3) is 0.0769. The Balaban J connectivity index is 2.33. The van der Waals surface area contributed by atoms with Crippen molar-refractivity contribution in [1.82, 2.24) is 9.78 Å². The number of nitrogens with one attached hydrogen (secondary N) is 1. The number of amides is 1. The third-order valence-electron chi connectivity index (χ3n) is 2.67. The van der Waals surface area contributed by atoms with Crippen LogP contribution < -0.4 is 10.9 Å². The second-order valence-electron chi connectivity index (χ2n) is 4.17. The average molecular weight is 289 g/mol. The molecule has 0 saturated carbocycles. The van der Waals surface area contributed by atoms with Crippen molar-refractivity contribution in [3.8, 4) is 5.75 Å². The van der Waals surface area contributed by atoms with Crippen molar-refractivity contribution < 1.29 is 19.8 Å². The molecule has 0 unspecified atom stereocenters. The number of nitrogens with zero attached hydrogens (tertiary/aromatic N) is 2. The number of phenolic OH excluding ortho intramolecular Hbond substituents is 1. The summed E-state index contributed by atoms with van der Waals surface area (Å²) in [5, 5.41) is 24.4. The summed E-state index contributed by atoms with van der Waals surface area (Å²) in [5.74, 6) is -2.20. The molecule has 0 fully saturated rings. The van der Waals surface area contributed by atoms with Crippen LogP contribution in [-0.4, -0.2) is 31.9 Å². The molecule has 1 aromatic heterocycles. The quantitative estimate of drug-likeness (QED) is 0.705. The van der Waals surface area contributed by atoms with E-state index in [2.05, 4.69) is 10.4 Å². The highest BCUT2D eigenvalue weighted by molar-refractivity contribution is 6.06. The maximum Gasteiger partial charge on any atom is 0.337 e. The summed E-state index contributed by atoms with van der Waals surface area (Å²) in [6, 6.07) is 5.94. The topological polar surface area (TPSA) is 122 Å². The zero-order chi connectivity index (χ0) is 15.6. The maximum absolute atomic E-state index is 12.0. The van der Waals surface area contributed by atoms with Crippen LogP contribution in [0.4, 0.5) is 5.69 Å². The molecule has 0 atom stereocenters. The van der Waals surface area contributed by atoms with Gasteiger partial charge in [-0.3, -0.25) is 9.59 Å². The number of hydrogen-bond donors (Lipinski definition) is 3. The lowest BCUT2D eigenvalue weighted by Crippen LogP contribution is -2.24. The Morgan fingerprint density at radius 3 is 2.57 bits per heavy atom. The van der Waals surface area contributed by atoms with Gasteiger partial charge in [0.05, 0.1) is 11.3 Å². The zero-order valence-corrected chi connectivity index (χ0v) is 10.9. The van der Waals surface area contributed by atoms with Crippen molar-refractivity contribution in [1.29, 1.82) is 0 Å². The number of rotatable bonds is 3. The van der Waals surface area contributed by atoms with Gasteiger partial charge in [0.15, 0.2) is 0 Å². The number of anilines is 1. The molecule has 1 aromatic carbocycles. The minimum atomic E-state index is -1.30. The first-order valence-electron chi connectivity index (χ1n) is 5.80. The summed E-state index contributed by atoms with van der Waals surface area (Å²) < 4.78 is 0.990. The van der Waals surface area contributed by atoms with Gasteiger partial charge in [-0.25, -0.2) is 9.48 Å². The van der Waals surface area contributed by atoms with Crippen LogP contribution in [0, 0.1) is 0 Å². The highest BCUT2D eigenvalue weighted by Crippen LogP contribution is 2.21. The molecule has 0 aliphatic heterocycles. The number of aromatic hydroxyl groups is 1. The number of carbonyl (C=O) groups excluding carboxylic acids is 1. The highest BCUT2D eigenvalue weighted by Gasteiger charge is 2.15. The predicted molar refractivity (Wildman–Crippen MR) is 72.5 cm³/mol. The van der Waals surface area contributed by atoms with Crippen LogP contribution in [0.5, 0.6) is 5.75 Å². The summed E-state index contributed by atoms with van der Waals surface area (Å²) in [4.78, 5) is 34.3. The summed E-state index contributed by atoms with van der Waals surface area (Å²) in [6.45, 7) is 0. The molecule has 108 valence electrons. The third-order valence-corrected chi connectivity index (χ3v) is 2.67. The number of aryl methyl sites for hydroxylation is 1. The Kier molecular flexibility index (Phi) is 3.70. The fourth-order valence-electron chi connectivity index (χ4n) is 1.63. The number of aromatic nitrogens is 2. The first-order valence-corrected chi connectivity index (χ1v) is 5.80. The second-order valence-corrected chi connectivity index (χ2v) is 4.17. The van der Waals surface area contributed by atoms with Crippen LogP contribution in [0.2, 0.25) is 0 Å². The van der Waals surface area contributed by atoms with Crippen LogP contribution >= 0.6 is 0 Å². The molecule has 2 aromatic rings. The Morgan fingerprint density at radius 2 is 1.95 bits per heavy atom. The summed E-state index contributed by atoms with van der Waals surface area (Å²) in [6.07, 6.45) is 0. The second kappa shape index (κ2) is 5.45. The Bertz CT molecular complexity index is 782. The summed E-state index contributed by atoms with van der Waals surface area (Å²) in [5.41, 5.74) is -0.655. The molecule has 8 heteroatoms. The number of carboxylic acids is 1. The van der Waals surface area contributed by atoms with Gasteiger partial charge >= 0.3 is 5.97 Å². The molecule has 0 radical (unpaired) electrons. The first kappa shape index (κ1) is 14.3. The molecular formula is C13H11N3O5. The first-order chi connectivity index (χ1) is 9.88. The van der Waals surface area contributed by atoms with Crippen molar-refractivity contribution >= 4 is 17.6 Å². The Hall–Kier alpha value is -3.16. The lowest BCUT2D eigenvalue weighted by atomic mass is 10.1. The normalized spacial score (nSPS) is 10.1. The molecule has 0 aliphatic rings. The van der Waals surface area contributed by atoms with E-state index in [1.165, 1.54) is 31.3 Å². The van der Waals surface area contributed by atoms with E-state index >= 15 is 0 Å². The molecule has 3 N–H and O–H groups in total. The van der Waals surface area contributed by atoms with E-state index in [1.54, 1.807) is 0 Å². The fourth-order valence-corrected chi connectivity index (χ4v) is 1.63. The smallest absolute Gasteiger partial charge is 0.337 e. The van der Waals surface area contributed by atoms with E-state index in [-0.39, 0.29) is 28.3 Å². The van der Waals surface area contributed by atoms with Gasteiger partial charge in [0, 0.05) is 13.1 Å². The molecule has 0 spiro atoms. The van der Waals surface area contributed by atoms with Crippen LogP contribution in [0.15, 0.2) is 35.1 Å². The zero-order valence-electron chi connectivity index (χ0n) is 10.9. The van der Waals surface area contributed by atoms with Gasteiger partial charge in [0.1, 0.15) is 11.4 Å². The van der Waals surface area contributed by atoms with Crippen molar-refractivity contribution in [2.45, 2.75) is 0 Å². The standard InChI is InChI=1S/C13H11N3O5/c1-16-11(18)5-4-10(15-16)12(19)14-9-3-2-7(17)6-8(9)13(20)21/h2-6,17H,1H3,(H,14,19)(H,20,21). The van der Waals surface area contributed by atoms with Gasteiger partial charge < -0.3 is 15.5 Å². The lowest BCUT2D eigenvalue weighted by Gasteiger charge is -2.08. The number of phenols is 1. The molecule has 1 amide bonds. The summed E-state index contributed by atoms with van der Waals surface area (Å²) >= 11 is 0. The largest absolute Gasteiger partial charge is 0.508 e. The predicted octanol–water partition coefficient (Wildman–Crippen LogP) is 0.436. The van der Waals surface area contributed by atoms with Crippen LogP contribution in [0.25, 0.3) is 0 Å². The average Bonchev–Trinajstić information content (AvgIpc) is 2.43. The van der Waals surface area contributed by atoms with Crippen molar-refractivity contribution in [3.63, 3.8) is 0 Å². The molecule has 8 nitrogen and oxygen atoms in total. The Morgan fingerprint density at radius 1 is 1.24 bits per heavy atom. The summed E-state index contributed by atoms with van der Waals surface area (Å²) in [7, 11) is 1.39. The molecule has 2 rings (SSSR count). The number of aromatic carboxylic acids is 1. The molecule has 1 heterocycles. The van der Waals surface area contributed by atoms with Crippen LogP contribution in [-0.2, 0) is 7.05 Å². The van der Waals surface area contributed by atoms with E-state index in [0.29, 0.717) is 0 Å². The molecule has 0 aliphatic carbocycles. The number of carbonyl (C=O) groups is 2. The number of carboxylic acid groups (broad SMARTS) is 1. The molecule has 0 saturated heterocycles. The van der Waals surface area contributed by atoms with Crippen molar-refractivity contribution in [2.75, 3.05) is 5.32 Å². The molecule has 21 heavy (non-hydrogen) atoms. The lowest BCUT2D eigenvalue weighted by molar-refractivity contribution is 0.0697. The molecule has 0 bridgehead atoms. The van der Waals surface area contributed by atoms with Crippen molar-refractivity contribution in [3.05, 3.63) is 51.9 Å². The van der Waals surface area contributed by atoms with Gasteiger partial charge in [-0.1, -0.05) is 0 Å². The SMILES string of the molecule is Cn1nc(C(=O)Nc2ccc(O)cc2C(=O)O)ccc1=O. The Labute approximate surface area is 118 Å². The minimum Gasteiger partial charge on any atom is -0.508 e. The van der Waals surface area contributed by atoms with Crippen LogP contribution in [0.1, 0.15) is 20.8 Å². The van der Waals surface area contributed by atoms with Gasteiger partial charge in [-0.05, 0) is 24.3 Å². The van der Waals surface area contributed by atoms with E-state index in [1.807, 2.05) is 0 Å². The molecular weight excluding hydrogens is 278 g/mol. The van der Waals surface area contributed by atoms with Gasteiger partial charge in [0.25, 0.3) is 11.5 Å². The van der Waals surface area contributed by atoms with E-state index in [4.69, 9.17) is 5.11 Å². The van der Waals surface area contributed by atoms with Crippen LogP contribution in [0.3, 0.4) is 0 Å². The monoisotopic (exact) mass is 289 g/mol. The maximum atomic E-state index is 12.0. The van der Waals surface area contributed by atoms with E-state index in [0.717, 1.165) is 10.7 Å². The van der Waals surface area contributed by atoms with Gasteiger partial charge in [0.2, 0.25) is 0 Å². The van der Waals surface area contributed by atoms with Gasteiger partial charge in [-0.15, -0.1) is 0 Å². The minimum absolute atomic E-state index is 0.0148. The third kappa shape index (κ3) is 3.06. The van der Waals surface area contributed by atoms with E-state index in [9.17, 15) is 19.5 Å². The van der Waals surface area contributed by atoms with Crippen molar-refractivity contribution in [2.24, 2.45) is 7.05 Å². The highest BCUT2D eigenvalue weighted by atomic mass is 16.4.